The van der Waals surface area contributed by atoms with Gasteiger partial charge in [-0.05, 0) is 30.2 Å². The summed E-state index contributed by atoms with van der Waals surface area (Å²) in [5, 5.41) is 19.5. The van der Waals surface area contributed by atoms with Gasteiger partial charge < -0.3 is 43.6 Å². The van der Waals surface area contributed by atoms with Crippen molar-refractivity contribution in [2.45, 2.75) is 96.4 Å². The van der Waals surface area contributed by atoms with E-state index in [1.807, 2.05) is 6.92 Å². The minimum Gasteiger partial charge on any atom is -0.480 e. The summed E-state index contributed by atoms with van der Waals surface area (Å²) >= 11 is 0. The molecule has 0 bridgehead atoms. The van der Waals surface area contributed by atoms with Crippen LogP contribution in [0.25, 0.3) is 0 Å². The van der Waals surface area contributed by atoms with E-state index < -0.39 is 78.0 Å². The highest BCUT2D eigenvalue weighted by molar-refractivity contribution is 5.97. The van der Waals surface area contributed by atoms with Crippen molar-refractivity contribution in [3.05, 3.63) is 35.9 Å². The van der Waals surface area contributed by atoms with Crippen molar-refractivity contribution >= 4 is 41.4 Å². The number of hydrogen-bond acceptors (Lipinski definition) is 8. The summed E-state index contributed by atoms with van der Waals surface area (Å²) < 4.78 is 0. The van der Waals surface area contributed by atoms with Gasteiger partial charge in [0.1, 0.15) is 24.2 Å². The minimum absolute atomic E-state index is 0.0102. The predicted octanol–water partition coefficient (Wildman–Crippen LogP) is -1.19. The summed E-state index contributed by atoms with van der Waals surface area (Å²) in [7, 11) is 0. The van der Waals surface area contributed by atoms with E-state index in [1.165, 1.54) is 0 Å². The van der Waals surface area contributed by atoms with Crippen molar-refractivity contribution in [3.8, 4) is 0 Å². The zero-order valence-corrected chi connectivity index (χ0v) is 26.2. The molecule has 0 radical (unpaired) electrons. The molecule has 15 nitrogen and oxygen atoms in total. The Kier molecular flexibility index (Phi) is 16.2. The van der Waals surface area contributed by atoms with Crippen LogP contribution in [0.4, 0.5) is 0 Å². The van der Waals surface area contributed by atoms with Gasteiger partial charge in [-0.25, -0.2) is 4.79 Å². The SMILES string of the molecule is CC[C@H](C)[C@H](N)C(=O)N[C@@H](CCC(N)=O)C(=O)N[C@@H](CC(N)=O)C(=O)N[C@@H](CC(C)C)C(=O)N[C@@H](Cc1ccccc1)C(=O)O. The number of primary amides is 2. The quantitative estimate of drug-likeness (QED) is 0.0857. The Morgan fingerprint density at radius 1 is 0.733 bits per heavy atom. The van der Waals surface area contributed by atoms with Crippen LogP contribution in [0, 0.1) is 11.8 Å². The predicted molar refractivity (Wildman–Crippen MR) is 165 cm³/mol. The van der Waals surface area contributed by atoms with Gasteiger partial charge in [0.2, 0.25) is 35.4 Å². The smallest absolute Gasteiger partial charge is 0.326 e. The van der Waals surface area contributed by atoms with Crippen molar-refractivity contribution in [1.82, 2.24) is 21.3 Å². The summed E-state index contributed by atoms with van der Waals surface area (Å²) in [5.74, 6) is -6.65. The molecule has 6 amide bonds. The van der Waals surface area contributed by atoms with Crippen LogP contribution >= 0.6 is 0 Å². The first-order valence-electron chi connectivity index (χ1n) is 14.9. The van der Waals surface area contributed by atoms with Crippen molar-refractivity contribution in [3.63, 3.8) is 0 Å². The lowest BCUT2D eigenvalue weighted by Gasteiger charge is -2.27. The Hall–Kier alpha value is -4.53. The van der Waals surface area contributed by atoms with E-state index in [1.54, 1.807) is 51.1 Å². The van der Waals surface area contributed by atoms with Crippen LogP contribution in [0.1, 0.15) is 65.4 Å². The number of hydrogen-bond donors (Lipinski definition) is 8. The van der Waals surface area contributed by atoms with E-state index in [-0.39, 0.29) is 37.5 Å². The molecule has 250 valence electrons. The molecule has 0 unspecified atom stereocenters. The Balaban J connectivity index is 3.17. The first kappa shape index (κ1) is 38.5. The van der Waals surface area contributed by atoms with E-state index in [4.69, 9.17) is 17.2 Å². The first-order chi connectivity index (χ1) is 21.0. The number of benzene rings is 1. The third-order valence-corrected chi connectivity index (χ3v) is 7.15. The zero-order valence-electron chi connectivity index (χ0n) is 26.2. The third kappa shape index (κ3) is 14.2. The highest BCUT2D eigenvalue weighted by Crippen LogP contribution is 2.10. The number of rotatable bonds is 20. The van der Waals surface area contributed by atoms with E-state index >= 15 is 0 Å². The molecule has 1 aromatic rings. The average molecular weight is 634 g/mol. The lowest BCUT2D eigenvalue weighted by atomic mass is 9.98. The van der Waals surface area contributed by atoms with E-state index in [0.29, 0.717) is 12.0 Å². The molecule has 1 aromatic carbocycles. The molecule has 15 heteroatoms. The molecule has 0 aliphatic carbocycles. The van der Waals surface area contributed by atoms with Crippen molar-refractivity contribution in [2.24, 2.45) is 29.0 Å². The molecule has 0 saturated heterocycles. The van der Waals surface area contributed by atoms with Gasteiger partial charge >= 0.3 is 5.97 Å². The van der Waals surface area contributed by atoms with Crippen LogP contribution in [0.2, 0.25) is 0 Å². The minimum atomic E-state index is -1.58. The van der Waals surface area contributed by atoms with Crippen LogP contribution in [-0.2, 0) is 40.0 Å². The van der Waals surface area contributed by atoms with Crippen LogP contribution < -0.4 is 38.5 Å². The normalized spacial score (nSPS) is 15.0. The number of aliphatic carboxylic acids is 1. The van der Waals surface area contributed by atoms with E-state index in [9.17, 15) is 38.7 Å². The topological polar surface area (TPSA) is 266 Å². The Morgan fingerprint density at radius 3 is 1.76 bits per heavy atom. The second kappa shape index (κ2) is 19.0. The number of carbonyl (C=O) groups excluding carboxylic acids is 6. The second-order valence-electron chi connectivity index (χ2n) is 11.5. The molecule has 0 aliphatic rings. The fourth-order valence-electron chi connectivity index (χ4n) is 4.32. The molecule has 0 fully saturated rings. The fourth-order valence-corrected chi connectivity index (χ4v) is 4.32. The maximum Gasteiger partial charge on any atom is 0.326 e. The molecule has 0 heterocycles. The van der Waals surface area contributed by atoms with Gasteiger partial charge in [-0.3, -0.25) is 28.8 Å². The van der Waals surface area contributed by atoms with Gasteiger partial charge in [0.05, 0.1) is 12.5 Å². The van der Waals surface area contributed by atoms with Crippen LogP contribution in [0.15, 0.2) is 30.3 Å². The largest absolute Gasteiger partial charge is 0.480 e. The molecule has 0 spiro atoms. The fraction of sp³-hybridized carbons (Fsp3) is 0.567. The molecular formula is C30H47N7O8. The Bertz CT molecular complexity index is 1190. The standard InChI is InChI=1S/C30H47N7O8/c1-5-17(4)25(33)29(43)34-19(11-12-23(31)38)26(40)36-21(15-24(32)39)28(42)35-20(13-16(2)3)27(41)37-22(30(44)45)14-18-9-7-6-8-10-18/h6-10,16-17,19-22,25H,5,11-15,33H2,1-4H3,(H2,31,38)(H2,32,39)(H,34,43)(H,35,42)(H,36,40)(H,37,41)(H,44,45)/t17-,19-,20-,21-,22-,25-/m0/s1. The van der Waals surface area contributed by atoms with Crippen LogP contribution in [0.5, 0.6) is 0 Å². The van der Waals surface area contributed by atoms with Gasteiger partial charge in [0.15, 0.2) is 0 Å². The first-order valence-corrected chi connectivity index (χ1v) is 14.9. The molecule has 11 N–H and O–H groups in total. The molecule has 0 saturated carbocycles. The maximum absolute atomic E-state index is 13.4. The summed E-state index contributed by atoms with van der Waals surface area (Å²) in [4.78, 5) is 87.7. The Morgan fingerprint density at radius 2 is 1.24 bits per heavy atom. The van der Waals surface area contributed by atoms with Gasteiger partial charge in [0, 0.05) is 12.8 Å². The monoisotopic (exact) mass is 633 g/mol. The van der Waals surface area contributed by atoms with E-state index in [2.05, 4.69) is 21.3 Å². The summed E-state index contributed by atoms with van der Waals surface area (Å²) in [5.41, 5.74) is 17.2. The average Bonchev–Trinajstić information content (AvgIpc) is 2.96. The van der Waals surface area contributed by atoms with Gasteiger partial charge in [-0.1, -0.05) is 64.4 Å². The maximum atomic E-state index is 13.4. The number of carboxylic acids is 1. The number of nitrogens with one attached hydrogen (secondary N) is 4. The summed E-state index contributed by atoms with van der Waals surface area (Å²) in [6.45, 7) is 7.15. The van der Waals surface area contributed by atoms with Gasteiger partial charge in [0.25, 0.3) is 0 Å². The van der Waals surface area contributed by atoms with Gasteiger partial charge in [-0.2, -0.15) is 0 Å². The summed E-state index contributed by atoms with van der Waals surface area (Å²) in [6.07, 6.45) is -0.503. The number of carbonyl (C=O) groups is 7. The molecule has 45 heavy (non-hydrogen) atoms. The number of nitrogens with two attached hydrogens (primary N) is 3. The molecule has 6 atom stereocenters. The second-order valence-corrected chi connectivity index (χ2v) is 11.5. The van der Waals surface area contributed by atoms with Gasteiger partial charge in [-0.15, -0.1) is 0 Å². The summed E-state index contributed by atoms with van der Waals surface area (Å²) in [6, 6.07) is 2.24. The number of carboxylic acid groups (broad SMARTS) is 1. The Labute approximate surface area is 262 Å². The molecule has 1 rings (SSSR count). The third-order valence-electron chi connectivity index (χ3n) is 7.15. The highest BCUT2D eigenvalue weighted by atomic mass is 16.4. The lowest BCUT2D eigenvalue weighted by molar-refractivity contribution is -0.142. The van der Waals surface area contributed by atoms with Crippen LogP contribution in [-0.4, -0.2) is 76.7 Å². The lowest BCUT2D eigenvalue weighted by Crippen LogP contribution is -2.59. The molecular weight excluding hydrogens is 586 g/mol. The number of amides is 6. The zero-order chi connectivity index (χ0) is 34.3. The molecule has 0 aromatic heterocycles. The highest BCUT2D eigenvalue weighted by Gasteiger charge is 2.33. The van der Waals surface area contributed by atoms with Crippen molar-refractivity contribution in [2.75, 3.05) is 0 Å². The van der Waals surface area contributed by atoms with Crippen molar-refractivity contribution in [1.29, 1.82) is 0 Å². The molecule has 0 aliphatic heterocycles. The van der Waals surface area contributed by atoms with E-state index in [0.717, 1.165) is 0 Å². The van der Waals surface area contributed by atoms with Crippen molar-refractivity contribution < 1.29 is 38.7 Å². The van der Waals surface area contributed by atoms with Crippen LogP contribution in [0.3, 0.4) is 0 Å².